The van der Waals surface area contributed by atoms with Gasteiger partial charge in [-0.25, -0.2) is 0 Å². The van der Waals surface area contributed by atoms with Crippen LogP contribution in [0.5, 0.6) is 5.75 Å². The van der Waals surface area contributed by atoms with Crippen molar-refractivity contribution in [3.05, 3.63) is 29.8 Å². The van der Waals surface area contributed by atoms with E-state index in [0.717, 1.165) is 32.1 Å². The summed E-state index contributed by atoms with van der Waals surface area (Å²) in [6.45, 7) is 6.72. The highest BCUT2D eigenvalue weighted by molar-refractivity contribution is 5.94. The molecule has 0 aliphatic heterocycles. The van der Waals surface area contributed by atoms with Gasteiger partial charge in [-0.3, -0.25) is 9.59 Å². The number of phenols is 1. The third-order valence-corrected chi connectivity index (χ3v) is 3.87. The Morgan fingerprint density at radius 2 is 1.69 bits per heavy atom. The first kappa shape index (κ1) is 23.9. The molecular weight excluding hydrogens is 332 g/mol. The number of benzene rings is 1. The molecule has 0 aromatic heterocycles. The Kier molecular flexibility index (Phi) is 12.1. The standard InChI is InChI=1S/C15H21NO4.C5H13N/c17-13-8-6-7-12(11-13)15(20)16-10-5-3-1-2-4-9-14(18)19;1-4-5(2,3)6/h6-8,11,17H,1-5,9-10H2,(H,16,20)(H,18,19);4,6H2,1-3H3. The molecule has 0 radical (unpaired) electrons. The second kappa shape index (κ2) is 13.2. The number of amides is 1. The number of hydrogen-bond donors (Lipinski definition) is 4. The van der Waals surface area contributed by atoms with Crippen LogP contribution in [-0.2, 0) is 4.79 Å². The number of carbonyl (C=O) groups is 2. The Balaban J connectivity index is 0.000000896. The van der Waals surface area contributed by atoms with E-state index >= 15 is 0 Å². The minimum atomic E-state index is -0.747. The Morgan fingerprint density at radius 3 is 2.23 bits per heavy atom. The van der Waals surface area contributed by atoms with E-state index < -0.39 is 5.97 Å². The second-order valence-electron chi connectivity index (χ2n) is 7.06. The van der Waals surface area contributed by atoms with Gasteiger partial charge in [-0.1, -0.05) is 32.3 Å². The fourth-order valence-electron chi connectivity index (χ4n) is 1.88. The summed E-state index contributed by atoms with van der Waals surface area (Å²) < 4.78 is 0. The fourth-order valence-corrected chi connectivity index (χ4v) is 1.88. The Hall–Kier alpha value is -2.08. The lowest BCUT2D eigenvalue weighted by molar-refractivity contribution is -0.137. The van der Waals surface area contributed by atoms with Crippen molar-refractivity contribution in [1.82, 2.24) is 5.32 Å². The molecule has 1 aromatic carbocycles. The third-order valence-electron chi connectivity index (χ3n) is 3.87. The van der Waals surface area contributed by atoms with Gasteiger partial charge in [-0.05, 0) is 51.3 Å². The molecule has 6 heteroatoms. The number of phenolic OH excluding ortho intramolecular Hbond substituents is 1. The molecule has 0 fully saturated rings. The predicted molar refractivity (Wildman–Crippen MR) is 104 cm³/mol. The molecule has 26 heavy (non-hydrogen) atoms. The van der Waals surface area contributed by atoms with Crippen molar-refractivity contribution in [3.8, 4) is 5.75 Å². The molecule has 6 nitrogen and oxygen atoms in total. The lowest BCUT2D eigenvalue weighted by Crippen LogP contribution is -2.30. The number of carboxylic acid groups (broad SMARTS) is 1. The second-order valence-corrected chi connectivity index (χ2v) is 7.06. The number of rotatable bonds is 10. The van der Waals surface area contributed by atoms with Crippen LogP contribution in [0, 0.1) is 0 Å². The zero-order valence-corrected chi connectivity index (χ0v) is 16.3. The maximum absolute atomic E-state index is 11.7. The molecule has 0 saturated heterocycles. The molecule has 5 N–H and O–H groups in total. The molecule has 0 aliphatic rings. The van der Waals surface area contributed by atoms with Gasteiger partial charge in [0.05, 0.1) is 0 Å². The normalized spacial score (nSPS) is 10.6. The van der Waals surface area contributed by atoms with Crippen molar-refractivity contribution in [2.24, 2.45) is 5.73 Å². The van der Waals surface area contributed by atoms with Crippen LogP contribution in [0.2, 0.25) is 0 Å². The van der Waals surface area contributed by atoms with E-state index in [1.807, 2.05) is 13.8 Å². The minimum Gasteiger partial charge on any atom is -0.508 e. The van der Waals surface area contributed by atoms with Crippen LogP contribution in [0.3, 0.4) is 0 Å². The van der Waals surface area contributed by atoms with Crippen molar-refractivity contribution in [3.63, 3.8) is 0 Å². The van der Waals surface area contributed by atoms with Gasteiger partial charge >= 0.3 is 5.97 Å². The number of unbranched alkanes of at least 4 members (excludes halogenated alkanes) is 4. The SMILES string of the molecule is CCC(C)(C)N.O=C(O)CCCCCCCNC(=O)c1cccc(O)c1. The molecule has 1 rings (SSSR count). The quantitative estimate of drug-likeness (QED) is 0.472. The highest BCUT2D eigenvalue weighted by atomic mass is 16.4. The topological polar surface area (TPSA) is 113 Å². The number of hydrogen-bond acceptors (Lipinski definition) is 4. The van der Waals surface area contributed by atoms with Crippen LogP contribution in [-0.4, -0.2) is 34.2 Å². The van der Waals surface area contributed by atoms with Gasteiger partial charge in [0.25, 0.3) is 5.91 Å². The summed E-state index contributed by atoms with van der Waals surface area (Å²) in [7, 11) is 0. The van der Waals surface area contributed by atoms with Crippen molar-refractivity contribution in [1.29, 1.82) is 0 Å². The average Bonchev–Trinajstić information content (AvgIpc) is 2.56. The first-order chi connectivity index (χ1) is 12.2. The highest BCUT2D eigenvalue weighted by Gasteiger charge is 2.05. The molecule has 148 valence electrons. The molecule has 0 spiro atoms. The number of aliphatic carboxylic acids is 1. The van der Waals surface area contributed by atoms with Gasteiger partial charge in [0.1, 0.15) is 5.75 Å². The molecule has 0 bridgehead atoms. The van der Waals surface area contributed by atoms with Crippen LogP contribution in [0.15, 0.2) is 24.3 Å². The van der Waals surface area contributed by atoms with E-state index in [4.69, 9.17) is 10.8 Å². The number of carbonyl (C=O) groups excluding carboxylic acids is 1. The Bertz CT molecular complexity index is 539. The van der Waals surface area contributed by atoms with Crippen LogP contribution >= 0.6 is 0 Å². The van der Waals surface area contributed by atoms with Gasteiger partial charge in [0.15, 0.2) is 0 Å². The maximum atomic E-state index is 11.7. The summed E-state index contributed by atoms with van der Waals surface area (Å²) >= 11 is 0. The van der Waals surface area contributed by atoms with Gasteiger partial charge in [0, 0.05) is 24.1 Å². The van der Waals surface area contributed by atoms with E-state index in [9.17, 15) is 14.7 Å². The maximum Gasteiger partial charge on any atom is 0.303 e. The fraction of sp³-hybridized carbons (Fsp3) is 0.600. The van der Waals surface area contributed by atoms with Gasteiger partial charge < -0.3 is 21.3 Å². The first-order valence-corrected chi connectivity index (χ1v) is 9.23. The zero-order chi connectivity index (χ0) is 20.0. The molecule has 1 aromatic rings. The monoisotopic (exact) mass is 366 g/mol. The van der Waals surface area contributed by atoms with Crippen LogP contribution < -0.4 is 11.1 Å². The summed E-state index contributed by atoms with van der Waals surface area (Å²) in [5.41, 5.74) is 6.03. The van der Waals surface area contributed by atoms with Gasteiger partial charge in [0.2, 0.25) is 0 Å². The minimum absolute atomic E-state index is 0.0417. The summed E-state index contributed by atoms with van der Waals surface area (Å²) in [5, 5.41) is 20.5. The van der Waals surface area contributed by atoms with E-state index in [2.05, 4.69) is 12.2 Å². The number of nitrogens with two attached hydrogens (primary N) is 1. The van der Waals surface area contributed by atoms with Gasteiger partial charge in [-0.15, -0.1) is 0 Å². The zero-order valence-electron chi connectivity index (χ0n) is 16.3. The lowest BCUT2D eigenvalue weighted by Gasteiger charge is -2.13. The summed E-state index contributed by atoms with van der Waals surface area (Å²) in [6, 6.07) is 6.24. The molecule has 0 saturated carbocycles. The number of nitrogens with one attached hydrogen (secondary N) is 1. The van der Waals surface area contributed by atoms with Crippen LogP contribution in [0.4, 0.5) is 0 Å². The third kappa shape index (κ3) is 14.3. The molecule has 0 unspecified atom stereocenters. The average molecular weight is 367 g/mol. The smallest absolute Gasteiger partial charge is 0.303 e. The molecular formula is C20H34N2O4. The summed E-state index contributed by atoms with van der Waals surface area (Å²) in [6.07, 6.45) is 5.73. The van der Waals surface area contributed by atoms with Crippen molar-refractivity contribution in [2.45, 2.75) is 71.3 Å². The van der Waals surface area contributed by atoms with Crippen molar-refractivity contribution >= 4 is 11.9 Å². The van der Waals surface area contributed by atoms with E-state index in [0.29, 0.717) is 18.5 Å². The van der Waals surface area contributed by atoms with Crippen LogP contribution in [0.25, 0.3) is 0 Å². The highest BCUT2D eigenvalue weighted by Crippen LogP contribution is 2.10. The molecule has 0 heterocycles. The van der Waals surface area contributed by atoms with Crippen molar-refractivity contribution in [2.75, 3.05) is 6.54 Å². The van der Waals surface area contributed by atoms with Gasteiger partial charge in [-0.2, -0.15) is 0 Å². The molecule has 1 amide bonds. The Labute approximate surface area is 156 Å². The first-order valence-electron chi connectivity index (χ1n) is 9.23. The summed E-state index contributed by atoms with van der Waals surface area (Å²) in [5.74, 6) is -0.855. The van der Waals surface area contributed by atoms with E-state index in [-0.39, 0.29) is 23.6 Å². The predicted octanol–water partition coefficient (Wildman–Crippen LogP) is 3.68. The van der Waals surface area contributed by atoms with Crippen LogP contribution in [0.1, 0.15) is 76.1 Å². The lowest BCUT2D eigenvalue weighted by atomic mass is 10.1. The largest absolute Gasteiger partial charge is 0.508 e. The van der Waals surface area contributed by atoms with E-state index in [1.165, 1.54) is 12.1 Å². The number of aromatic hydroxyl groups is 1. The Morgan fingerprint density at radius 1 is 1.12 bits per heavy atom. The molecule has 0 aliphatic carbocycles. The molecule has 0 atom stereocenters. The van der Waals surface area contributed by atoms with E-state index in [1.54, 1.807) is 12.1 Å². The number of carboxylic acids is 1. The van der Waals surface area contributed by atoms with Crippen molar-refractivity contribution < 1.29 is 19.8 Å². The summed E-state index contributed by atoms with van der Waals surface area (Å²) in [4.78, 5) is 22.0.